The molecule has 7 heteroatoms. The van der Waals surface area contributed by atoms with Crippen molar-refractivity contribution in [2.24, 2.45) is 11.7 Å². The number of hydrogen-bond donors (Lipinski definition) is 1. The molecule has 0 radical (unpaired) electrons. The summed E-state index contributed by atoms with van der Waals surface area (Å²) in [4.78, 5) is 4.88. The maximum absolute atomic E-state index is 7.99. The number of hydrazine groups is 1. The lowest BCUT2D eigenvalue weighted by Gasteiger charge is -2.46. The molecule has 29 heavy (non-hydrogen) atoms. The first kappa shape index (κ1) is 25.4. The van der Waals surface area contributed by atoms with Gasteiger partial charge in [-0.2, -0.15) is 5.26 Å². The van der Waals surface area contributed by atoms with Crippen molar-refractivity contribution in [2.75, 3.05) is 65.6 Å². The Morgan fingerprint density at radius 3 is 1.93 bits per heavy atom. The second-order valence-electron chi connectivity index (χ2n) is 8.02. The van der Waals surface area contributed by atoms with Crippen LogP contribution in [-0.4, -0.2) is 91.4 Å². The van der Waals surface area contributed by atoms with Gasteiger partial charge in [-0.25, -0.2) is 10.0 Å². The van der Waals surface area contributed by atoms with Gasteiger partial charge >= 0.3 is 0 Å². The molecule has 166 valence electrons. The summed E-state index contributed by atoms with van der Waals surface area (Å²) < 4.78 is 5.44. The monoisotopic (exact) mass is 406 g/mol. The van der Waals surface area contributed by atoms with Crippen molar-refractivity contribution >= 4 is 0 Å². The summed E-state index contributed by atoms with van der Waals surface area (Å²) in [7, 11) is 0. The summed E-state index contributed by atoms with van der Waals surface area (Å²) >= 11 is 0. The number of hydrogen-bond acceptors (Lipinski definition) is 7. The van der Waals surface area contributed by atoms with E-state index in [2.05, 4.69) is 45.6 Å². The van der Waals surface area contributed by atoms with E-state index in [1.165, 1.54) is 25.9 Å². The predicted molar refractivity (Wildman–Crippen MR) is 120 cm³/mol. The van der Waals surface area contributed by atoms with Crippen LogP contribution >= 0.6 is 0 Å². The largest absolute Gasteiger partial charge is 0.386 e. The molecule has 3 aliphatic heterocycles. The minimum absolute atomic E-state index is 0.537. The van der Waals surface area contributed by atoms with Crippen LogP contribution in [0.15, 0.2) is 25.6 Å². The van der Waals surface area contributed by atoms with E-state index >= 15 is 0 Å². The zero-order valence-corrected chi connectivity index (χ0v) is 18.7. The van der Waals surface area contributed by atoms with Crippen molar-refractivity contribution in [2.45, 2.75) is 39.2 Å². The van der Waals surface area contributed by atoms with E-state index in [9.17, 15) is 0 Å². The van der Waals surface area contributed by atoms with Gasteiger partial charge in [-0.1, -0.05) is 20.4 Å². The first-order chi connectivity index (χ1) is 14.0. The number of nitrogens with zero attached hydrogens (tertiary/aromatic N) is 5. The summed E-state index contributed by atoms with van der Waals surface area (Å²) in [6.45, 7) is 24.6. The number of morpholine rings is 1. The zero-order chi connectivity index (χ0) is 21.6. The van der Waals surface area contributed by atoms with Gasteiger partial charge in [0.15, 0.2) is 0 Å². The third-order valence-electron chi connectivity index (χ3n) is 5.56. The van der Waals surface area contributed by atoms with Gasteiger partial charge in [-0.05, 0) is 18.8 Å². The first-order valence-corrected chi connectivity index (χ1v) is 10.9. The van der Waals surface area contributed by atoms with Gasteiger partial charge in [-0.3, -0.25) is 4.90 Å². The summed E-state index contributed by atoms with van der Waals surface area (Å²) in [5.74, 6) is 1.26. The first-order valence-electron chi connectivity index (χ1n) is 10.9. The van der Waals surface area contributed by atoms with E-state index < -0.39 is 0 Å². The molecular formula is C22H42N6O. The summed E-state index contributed by atoms with van der Waals surface area (Å²) in [6.07, 6.45) is 3.11. The van der Waals surface area contributed by atoms with Crippen LogP contribution in [-0.2, 0) is 4.74 Å². The Kier molecular flexibility index (Phi) is 12.6. The van der Waals surface area contributed by atoms with Crippen molar-refractivity contribution in [3.05, 3.63) is 25.6 Å². The average Bonchev–Trinajstić information content (AvgIpc) is 2.76. The van der Waals surface area contributed by atoms with Crippen LogP contribution in [0.3, 0.4) is 0 Å². The summed E-state index contributed by atoms with van der Waals surface area (Å²) in [6, 6.07) is 2.80. The molecule has 7 nitrogen and oxygen atoms in total. The quantitative estimate of drug-likeness (QED) is 0.717. The van der Waals surface area contributed by atoms with E-state index in [0.717, 1.165) is 64.3 Å². The van der Waals surface area contributed by atoms with Crippen molar-refractivity contribution in [3.8, 4) is 6.07 Å². The molecule has 0 aromatic heterocycles. The lowest BCUT2D eigenvalue weighted by molar-refractivity contribution is -0.112. The molecule has 0 aromatic rings. The number of rotatable bonds is 4. The molecule has 0 bridgehead atoms. The lowest BCUT2D eigenvalue weighted by Crippen LogP contribution is -2.59. The smallest absolute Gasteiger partial charge is 0.0912 e. The number of likely N-dealkylation sites (tertiary alicyclic amines) is 1. The Labute approximate surface area is 178 Å². The van der Waals surface area contributed by atoms with E-state index in [-0.39, 0.29) is 0 Å². The maximum atomic E-state index is 7.99. The predicted octanol–water partition coefficient (Wildman–Crippen LogP) is 2.10. The highest BCUT2D eigenvalue weighted by Gasteiger charge is 2.29. The molecule has 0 aromatic carbocycles. The van der Waals surface area contributed by atoms with Crippen molar-refractivity contribution in [1.82, 2.24) is 19.8 Å². The van der Waals surface area contributed by atoms with Gasteiger partial charge < -0.3 is 15.4 Å². The fraction of sp³-hybridized carbons (Fsp3) is 0.773. The highest BCUT2D eigenvalue weighted by Crippen LogP contribution is 2.20. The van der Waals surface area contributed by atoms with E-state index in [4.69, 9.17) is 15.7 Å². The molecule has 3 saturated heterocycles. The van der Waals surface area contributed by atoms with Gasteiger partial charge in [0.2, 0.25) is 0 Å². The van der Waals surface area contributed by atoms with Crippen molar-refractivity contribution in [3.63, 3.8) is 0 Å². The lowest BCUT2D eigenvalue weighted by atomic mass is 10.0. The average molecular weight is 407 g/mol. The van der Waals surface area contributed by atoms with Crippen LogP contribution in [0.4, 0.5) is 0 Å². The van der Waals surface area contributed by atoms with Gasteiger partial charge in [0.25, 0.3) is 0 Å². The third kappa shape index (κ3) is 9.18. The van der Waals surface area contributed by atoms with Crippen LogP contribution in [0, 0.1) is 17.2 Å². The molecule has 3 fully saturated rings. The SMILES string of the molecule is C=C.C=C(N)N1CCC(N2CCN(N3CCOCC3)CC2)CC1.CC(C)CC#N. The van der Waals surface area contributed by atoms with Crippen LogP contribution in [0.5, 0.6) is 0 Å². The maximum Gasteiger partial charge on any atom is 0.0912 e. The van der Waals surface area contributed by atoms with Gasteiger partial charge in [0.1, 0.15) is 0 Å². The molecule has 0 atom stereocenters. The molecule has 0 aliphatic carbocycles. The van der Waals surface area contributed by atoms with Crippen LogP contribution in [0.2, 0.25) is 0 Å². The van der Waals surface area contributed by atoms with Crippen molar-refractivity contribution < 1.29 is 4.74 Å². The Hall–Kier alpha value is -1.59. The second-order valence-corrected chi connectivity index (χ2v) is 8.02. The highest BCUT2D eigenvalue weighted by molar-refractivity contribution is 4.92. The fourth-order valence-corrected chi connectivity index (χ4v) is 3.90. The standard InChI is InChI=1S/C15H29N5O.C5H9N.C2H4/c1-14(16)17-4-2-15(3-5-17)18-6-8-19(9-7-18)20-10-12-21-13-11-20;1-5(2)3-4-6;1-2/h15H,1-13,16H2;5H,3H2,1-2H3;1-2H2. The van der Waals surface area contributed by atoms with Crippen molar-refractivity contribution in [1.29, 1.82) is 5.26 Å². The molecule has 2 N–H and O–H groups in total. The van der Waals surface area contributed by atoms with Crippen LogP contribution in [0.25, 0.3) is 0 Å². The Morgan fingerprint density at radius 1 is 1.00 bits per heavy atom. The summed E-state index contributed by atoms with van der Waals surface area (Å²) in [5, 5.41) is 13.0. The molecule has 0 unspecified atom stereocenters. The summed E-state index contributed by atoms with van der Waals surface area (Å²) in [5.41, 5.74) is 5.79. The minimum atomic E-state index is 0.537. The molecular weight excluding hydrogens is 364 g/mol. The number of ether oxygens (including phenoxy) is 1. The Morgan fingerprint density at radius 2 is 1.52 bits per heavy atom. The Balaban J connectivity index is 0.000000454. The van der Waals surface area contributed by atoms with E-state index in [0.29, 0.717) is 12.3 Å². The van der Waals surface area contributed by atoms with Gasteiger partial charge in [0.05, 0.1) is 25.1 Å². The van der Waals surface area contributed by atoms with Gasteiger partial charge in [-0.15, -0.1) is 13.2 Å². The second kappa shape index (κ2) is 14.4. The third-order valence-corrected chi connectivity index (χ3v) is 5.56. The molecule has 0 amide bonds. The van der Waals surface area contributed by atoms with Gasteiger partial charge in [0, 0.05) is 64.8 Å². The van der Waals surface area contributed by atoms with Crippen LogP contribution < -0.4 is 5.73 Å². The zero-order valence-electron chi connectivity index (χ0n) is 18.7. The normalized spacial score (nSPS) is 22.1. The molecule has 3 heterocycles. The highest BCUT2D eigenvalue weighted by atomic mass is 16.5. The molecule has 0 spiro atoms. The number of nitrogens with two attached hydrogens (primary N) is 1. The van der Waals surface area contributed by atoms with E-state index in [1.54, 1.807) is 0 Å². The molecule has 3 rings (SSSR count). The topological polar surface area (TPSA) is 72.0 Å². The van der Waals surface area contributed by atoms with E-state index in [1.807, 2.05) is 13.8 Å². The number of piperazine rings is 1. The Bertz CT molecular complexity index is 484. The number of piperidine rings is 1. The molecule has 0 saturated carbocycles. The van der Waals surface area contributed by atoms with Crippen LogP contribution in [0.1, 0.15) is 33.1 Å². The molecule has 3 aliphatic rings. The number of nitriles is 1. The fourth-order valence-electron chi connectivity index (χ4n) is 3.90. The minimum Gasteiger partial charge on any atom is -0.386 e.